The lowest BCUT2D eigenvalue weighted by molar-refractivity contribution is -0.118. The van der Waals surface area contributed by atoms with Gasteiger partial charge in [-0.25, -0.2) is 0 Å². The predicted molar refractivity (Wildman–Crippen MR) is 63.0 cm³/mol. The Hall–Kier alpha value is -0.860. The number of hydrogen-bond donors (Lipinski definition) is 1. The number of nitrogens with two attached hydrogens (primary N) is 1. The molecule has 0 bridgehead atoms. The summed E-state index contributed by atoms with van der Waals surface area (Å²) in [6, 6.07) is 7.49. The number of carbonyl (C=O) groups excluding carboxylic acids is 1. The second kappa shape index (κ2) is 5.89. The van der Waals surface area contributed by atoms with Gasteiger partial charge in [0.05, 0.1) is 0 Å². The molecule has 15 heavy (non-hydrogen) atoms. The van der Waals surface area contributed by atoms with Crippen molar-refractivity contribution in [2.75, 3.05) is 0 Å². The van der Waals surface area contributed by atoms with Crippen molar-refractivity contribution in [2.24, 2.45) is 5.73 Å². The Morgan fingerprint density at radius 1 is 1.53 bits per heavy atom. The van der Waals surface area contributed by atoms with E-state index < -0.39 is 0 Å². The van der Waals surface area contributed by atoms with Gasteiger partial charge in [-0.1, -0.05) is 23.7 Å². The maximum atomic E-state index is 11.5. The minimum Gasteiger partial charge on any atom is -0.328 e. The van der Waals surface area contributed by atoms with E-state index in [1.54, 1.807) is 6.07 Å². The first-order valence-electron chi connectivity index (χ1n) is 5.09. The Kier molecular flexibility index (Phi) is 4.79. The number of halogens is 1. The zero-order valence-electron chi connectivity index (χ0n) is 8.87. The average molecular weight is 226 g/mol. The van der Waals surface area contributed by atoms with Gasteiger partial charge in [-0.2, -0.15) is 0 Å². The van der Waals surface area contributed by atoms with Gasteiger partial charge in [-0.05, 0) is 31.0 Å². The summed E-state index contributed by atoms with van der Waals surface area (Å²) in [4.78, 5) is 11.5. The number of ketones is 1. The topological polar surface area (TPSA) is 43.1 Å². The smallest absolute Gasteiger partial charge is 0.137 e. The first kappa shape index (κ1) is 12.2. The van der Waals surface area contributed by atoms with Gasteiger partial charge in [-0.15, -0.1) is 0 Å². The van der Waals surface area contributed by atoms with Crippen LogP contribution in [0.2, 0.25) is 5.02 Å². The molecule has 0 saturated carbocycles. The molecule has 0 radical (unpaired) electrons. The van der Waals surface area contributed by atoms with E-state index in [0.717, 1.165) is 12.0 Å². The van der Waals surface area contributed by atoms with E-state index in [0.29, 0.717) is 17.9 Å². The van der Waals surface area contributed by atoms with E-state index >= 15 is 0 Å². The molecule has 1 aromatic rings. The Morgan fingerprint density at radius 3 is 2.87 bits per heavy atom. The molecule has 0 aliphatic heterocycles. The quantitative estimate of drug-likeness (QED) is 0.837. The largest absolute Gasteiger partial charge is 0.328 e. The summed E-state index contributed by atoms with van der Waals surface area (Å²) < 4.78 is 0. The van der Waals surface area contributed by atoms with Crippen LogP contribution in [0.1, 0.15) is 25.3 Å². The molecule has 0 amide bonds. The SMILES string of the molecule is CC(N)CCC(=O)Cc1cccc(Cl)c1. The summed E-state index contributed by atoms with van der Waals surface area (Å²) in [6.45, 7) is 1.91. The van der Waals surface area contributed by atoms with Crippen LogP contribution < -0.4 is 5.73 Å². The van der Waals surface area contributed by atoms with Crippen molar-refractivity contribution >= 4 is 17.4 Å². The summed E-state index contributed by atoms with van der Waals surface area (Å²) in [5.74, 6) is 0.217. The van der Waals surface area contributed by atoms with Gasteiger partial charge in [-0.3, -0.25) is 4.79 Å². The third-order valence-electron chi connectivity index (χ3n) is 2.17. The molecule has 0 aliphatic carbocycles. The van der Waals surface area contributed by atoms with E-state index in [4.69, 9.17) is 17.3 Å². The number of Topliss-reactive ketones (excluding diaryl/α,β-unsaturated/α-hetero) is 1. The van der Waals surface area contributed by atoms with Crippen LogP contribution in [-0.2, 0) is 11.2 Å². The van der Waals surface area contributed by atoms with Gasteiger partial charge in [0.2, 0.25) is 0 Å². The highest BCUT2D eigenvalue weighted by Crippen LogP contribution is 2.12. The zero-order valence-corrected chi connectivity index (χ0v) is 9.63. The fraction of sp³-hybridized carbons (Fsp3) is 0.417. The van der Waals surface area contributed by atoms with Gasteiger partial charge >= 0.3 is 0 Å². The molecule has 0 aliphatic rings. The van der Waals surface area contributed by atoms with Gasteiger partial charge in [0.25, 0.3) is 0 Å². The molecule has 1 rings (SSSR count). The summed E-state index contributed by atoms with van der Waals surface area (Å²) in [6.07, 6.45) is 1.75. The van der Waals surface area contributed by atoms with Gasteiger partial charge in [0.15, 0.2) is 0 Å². The number of benzene rings is 1. The lowest BCUT2D eigenvalue weighted by Crippen LogP contribution is -2.16. The van der Waals surface area contributed by atoms with Gasteiger partial charge < -0.3 is 5.73 Å². The van der Waals surface area contributed by atoms with E-state index in [9.17, 15) is 4.79 Å². The Morgan fingerprint density at radius 2 is 2.27 bits per heavy atom. The van der Waals surface area contributed by atoms with E-state index in [-0.39, 0.29) is 11.8 Å². The monoisotopic (exact) mass is 225 g/mol. The molecule has 0 spiro atoms. The Labute approximate surface area is 95.4 Å². The highest BCUT2D eigenvalue weighted by atomic mass is 35.5. The average Bonchev–Trinajstić information content (AvgIpc) is 2.15. The fourth-order valence-electron chi connectivity index (χ4n) is 1.35. The normalized spacial score (nSPS) is 12.5. The molecule has 1 aromatic carbocycles. The van der Waals surface area contributed by atoms with Crippen LogP contribution >= 0.6 is 11.6 Å². The molecule has 0 heterocycles. The van der Waals surface area contributed by atoms with Crippen LogP contribution in [-0.4, -0.2) is 11.8 Å². The first-order valence-corrected chi connectivity index (χ1v) is 5.47. The molecule has 1 unspecified atom stereocenters. The van der Waals surface area contributed by atoms with Gasteiger partial charge in [0.1, 0.15) is 5.78 Å². The van der Waals surface area contributed by atoms with Crippen molar-refractivity contribution in [3.8, 4) is 0 Å². The zero-order chi connectivity index (χ0) is 11.3. The van der Waals surface area contributed by atoms with Crippen LogP contribution in [0.25, 0.3) is 0 Å². The number of hydrogen-bond acceptors (Lipinski definition) is 2. The highest BCUT2D eigenvalue weighted by molar-refractivity contribution is 6.30. The van der Waals surface area contributed by atoms with Crippen molar-refractivity contribution in [2.45, 2.75) is 32.2 Å². The summed E-state index contributed by atoms with van der Waals surface area (Å²) in [7, 11) is 0. The molecule has 2 nitrogen and oxygen atoms in total. The minimum atomic E-state index is 0.0910. The maximum Gasteiger partial charge on any atom is 0.137 e. The Bertz CT molecular complexity index is 336. The molecule has 82 valence electrons. The molecule has 3 heteroatoms. The van der Waals surface area contributed by atoms with Crippen molar-refractivity contribution in [3.05, 3.63) is 34.9 Å². The second-order valence-electron chi connectivity index (χ2n) is 3.86. The van der Waals surface area contributed by atoms with Gasteiger partial charge in [0, 0.05) is 23.9 Å². The molecule has 0 aromatic heterocycles. The van der Waals surface area contributed by atoms with Crippen LogP contribution in [0.4, 0.5) is 0 Å². The van der Waals surface area contributed by atoms with E-state index in [2.05, 4.69) is 0 Å². The number of rotatable bonds is 5. The maximum absolute atomic E-state index is 11.5. The van der Waals surface area contributed by atoms with Crippen LogP contribution in [0, 0.1) is 0 Å². The van der Waals surface area contributed by atoms with E-state index in [1.165, 1.54) is 0 Å². The van der Waals surface area contributed by atoms with Crippen molar-refractivity contribution in [1.29, 1.82) is 0 Å². The standard InChI is InChI=1S/C12H16ClNO/c1-9(14)5-6-12(15)8-10-3-2-4-11(13)7-10/h2-4,7,9H,5-6,8,14H2,1H3. The van der Waals surface area contributed by atoms with Crippen molar-refractivity contribution in [3.63, 3.8) is 0 Å². The first-order chi connectivity index (χ1) is 7.08. The summed E-state index contributed by atoms with van der Waals surface area (Å²) in [5, 5.41) is 0.674. The summed E-state index contributed by atoms with van der Waals surface area (Å²) >= 11 is 5.82. The molecule has 0 saturated heterocycles. The lowest BCUT2D eigenvalue weighted by Gasteiger charge is -2.04. The highest BCUT2D eigenvalue weighted by Gasteiger charge is 2.05. The van der Waals surface area contributed by atoms with Crippen molar-refractivity contribution < 1.29 is 4.79 Å². The van der Waals surface area contributed by atoms with Crippen LogP contribution in [0.5, 0.6) is 0 Å². The van der Waals surface area contributed by atoms with Crippen LogP contribution in [0.15, 0.2) is 24.3 Å². The van der Waals surface area contributed by atoms with Crippen molar-refractivity contribution in [1.82, 2.24) is 0 Å². The number of carbonyl (C=O) groups is 1. The minimum absolute atomic E-state index is 0.0910. The molecule has 1 atom stereocenters. The molecular weight excluding hydrogens is 210 g/mol. The fourth-order valence-corrected chi connectivity index (χ4v) is 1.56. The van der Waals surface area contributed by atoms with E-state index in [1.807, 2.05) is 25.1 Å². The summed E-state index contributed by atoms with van der Waals surface area (Å²) in [5.41, 5.74) is 6.55. The molecule has 2 N–H and O–H groups in total. The lowest BCUT2D eigenvalue weighted by atomic mass is 10.0. The molecule has 0 fully saturated rings. The third kappa shape index (κ3) is 4.96. The van der Waals surface area contributed by atoms with Crippen LogP contribution in [0.3, 0.4) is 0 Å². The second-order valence-corrected chi connectivity index (χ2v) is 4.30. The molecular formula is C12H16ClNO. The predicted octanol–water partition coefficient (Wildman–Crippen LogP) is 2.58. The third-order valence-corrected chi connectivity index (χ3v) is 2.40. The Balaban J connectivity index is 2.44.